The number of aliphatic carboxylic acids is 1. The van der Waals surface area contributed by atoms with Crippen LogP contribution in [0.2, 0.25) is 0 Å². The fourth-order valence-electron chi connectivity index (χ4n) is 5.61. The Hall–Kier alpha value is -5.58. The average molecular weight is 659 g/mol. The van der Waals surface area contributed by atoms with Crippen LogP contribution in [0, 0.1) is 0 Å². The maximum atomic E-state index is 14.1. The summed E-state index contributed by atoms with van der Waals surface area (Å²) in [5.41, 5.74) is 3.64. The fourth-order valence-corrected chi connectivity index (χ4v) is 5.61. The van der Waals surface area contributed by atoms with Crippen LogP contribution in [-0.4, -0.2) is 35.8 Å². The van der Waals surface area contributed by atoms with E-state index in [1.54, 1.807) is 36.4 Å². The van der Waals surface area contributed by atoms with E-state index in [0.717, 1.165) is 22.1 Å². The van der Waals surface area contributed by atoms with Crippen molar-refractivity contribution < 1.29 is 41.8 Å². The van der Waals surface area contributed by atoms with Crippen LogP contribution in [0.1, 0.15) is 59.5 Å². The highest BCUT2D eigenvalue weighted by atomic mass is 19.4. The molecule has 11 heteroatoms. The van der Waals surface area contributed by atoms with Crippen LogP contribution in [0.3, 0.4) is 0 Å². The van der Waals surface area contributed by atoms with Crippen LogP contribution < -0.4 is 15.4 Å². The first-order valence-corrected chi connectivity index (χ1v) is 15.4. The number of carboxylic acid groups (broad SMARTS) is 1. The summed E-state index contributed by atoms with van der Waals surface area (Å²) in [6, 6.07) is 28.7. The lowest BCUT2D eigenvalue weighted by Gasteiger charge is -2.28. The van der Waals surface area contributed by atoms with Gasteiger partial charge in [-0.1, -0.05) is 55.8 Å². The Labute approximate surface area is 274 Å². The van der Waals surface area contributed by atoms with Gasteiger partial charge in [0.2, 0.25) is 5.91 Å². The highest BCUT2D eigenvalue weighted by molar-refractivity contribution is 5.97. The van der Waals surface area contributed by atoms with Crippen molar-refractivity contribution in [1.29, 1.82) is 0 Å². The first kappa shape index (κ1) is 33.8. The smallest absolute Gasteiger partial charge is 0.481 e. The van der Waals surface area contributed by atoms with E-state index in [4.69, 9.17) is 9.52 Å². The van der Waals surface area contributed by atoms with Gasteiger partial charge in [-0.15, -0.1) is 13.2 Å². The number of carbonyl (C=O) groups is 3. The Morgan fingerprint density at radius 2 is 1.54 bits per heavy atom. The summed E-state index contributed by atoms with van der Waals surface area (Å²) in [5, 5.41) is 15.3. The molecule has 0 aliphatic rings. The quantitative estimate of drug-likeness (QED) is 0.117. The monoisotopic (exact) mass is 658 g/mol. The number of ether oxygens (including phenoxy) is 1. The summed E-state index contributed by atoms with van der Waals surface area (Å²) in [4.78, 5) is 37.4. The minimum absolute atomic E-state index is 0.0239. The second kappa shape index (κ2) is 14.9. The normalized spacial score (nSPS) is 12.7. The van der Waals surface area contributed by atoms with Crippen molar-refractivity contribution in [3.63, 3.8) is 0 Å². The molecule has 3 N–H and O–H groups in total. The lowest BCUT2D eigenvalue weighted by Crippen LogP contribution is -2.27. The molecule has 0 saturated carbocycles. The number of alkyl halides is 3. The van der Waals surface area contributed by atoms with E-state index in [1.165, 1.54) is 24.3 Å². The van der Waals surface area contributed by atoms with Crippen molar-refractivity contribution in [3.05, 3.63) is 120 Å². The second-order valence-corrected chi connectivity index (χ2v) is 11.2. The number of fused-ring (bicyclic) bond motifs is 1. The van der Waals surface area contributed by atoms with E-state index in [1.807, 2.05) is 49.4 Å². The number of benzene rings is 4. The molecule has 0 fully saturated rings. The van der Waals surface area contributed by atoms with Gasteiger partial charge in [0.15, 0.2) is 0 Å². The fraction of sp³-hybridized carbons (Fsp3) is 0.216. The SMILES string of the molecule is CCCC(c1ccc(C(=O)NCCC(=O)O)cc1)[C@@H](C(=O)Nc1ccc(-c2cc3ccccc3o2)cc1)c1ccc(OC(F)(F)F)cc1. The second-order valence-electron chi connectivity index (χ2n) is 11.2. The molecule has 4 aromatic carbocycles. The predicted molar refractivity (Wildman–Crippen MR) is 175 cm³/mol. The molecule has 2 amide bonds. The maximum Gasteiger partial charge on any atom is 0.573 e. The Morgan fingerprint density at radius 1 is 0.875 bits per heavy atom. The number of furan rings is 1. The van der Waals surface area contributed by atoms with Crippen LogP contribution in [0.15, 0.2) is 108 Å². The van der Waals surface area contributed by atoms with E-state index in [0.29, 0.717) is 35.4 Å². The number of rotatable bonds is 13. The third-order valence-electron chi connectivity index (χ3n) is 7.85. The van der Waals surface area contributed by atoms with Crippen molar-refractivity contribution in [2.24, 2.45) is 0 Å². The van der Waals surface area contributed by atoms with Crippen molar-refractivity contribution in [2.75, 3.05) is 11.9 Å². The molecule has 0 radical (unpaired) electrons. The summed E-state index contributed by atoms with van der Waals surface area (Å²) in [6.45, 7) is 1.94. The number of amides is 2. The molecule has 248 valence electrons. The number of hydrogen-bond donors (Lipinski definition) is 3. The van der Waals surface area contributed by atoms with E-state index in [-0.39, 0.29) is 18.9 Å². The van der Waals surface area contributed by atoms with Gasteiger partial charge in [-0.05, 0) is 84.1 Å². The topological polar surface area (TPSA) is 118 Å². The molecule has 0 aliphatic carbocycles. The molecule has 48 heavy (non-hydrogen) atoms. The number of carbonyl (C=O) groups excluding carboxylic acids is 2. The Morgan fingerprint density at radius 3 is 2.17 bits per heavy atom. The van der Waals surface area contributed by atoms with Gasteiger partial charge >= 0.3 is 12.3 Å². The molecule has 2 atom stereocenters. The highest BCUT2D eigenvalue weighted by Gasteiger charge is 2.33. The number of anilines is 1. The zero-order valence-electron chi connectivity index (χ0n) is 25.9. The largest absolute Gasteiger partial charge is 0.573 e. The molecular weight excluding hydrogens is 625 g/mol. The van der Waals surface area contributed by atoms with Gasteiger partial charge in [-0.2, -0.15) is 0 Å². The molecule has 8 nitrogen and oxygen atoms in total. The molecule has 5 rings (SSSR count). The first-order chi connectivity index (χ1) is 23.0. The number of carboxylic acids is 1. The van der Waals surface area contributed by atoms with Crippen molar-refractivity contribution in [2.45, 2.75) is 44.4 Å². The third-order valence-corrected chi connectivity index (χ3v) is 7.85. The van der Waals surface area contributed by atoms with Crippen LogP contribution in [0.4, 0.5) is 18.9 Å². The van der Waals surface area contributed by atoms with Crippen molar-refractivity contribution >= 4 is 34.4 Å². The first-order valence-electron chi connectivity index (χ1n) is 15.4. The minimum Gasteiger partial charge on any atom is -0.481 e. The van der Waals surface area contributed by atoms with Gasteiger partial charge in [0.25, 0.3) is 5.91 Å². The van der Waals surface area contributed by atoms with Crippen LogP contribution >= 0.6 is 0 Å². The molecule has 5 aromatic rings. The summed E-state index contributed by atoms with van der Waals surface area (Å²) in [5.74, 6) is -2.80. The molecule has 1 unspecified atom stereocenters. The zero-order chi connectivity index (χ0) is 34.3. The van der Waals surface area contributed by atoms with Gasteiger partial charge in [-0.25, -0.2) is 0 Å². The Kier molecular flexibility index (Phi) is 10.5. The van der Waals surface area contributed by atoms with Crippen LogP contribution in [-0.2, 0) is 9.59 Å². The Bertz CT molecular complexity index is 1830. The summed E-state index contributed by atoms with van der Waals surface area (Å²) in [6.07, 6.45) is -3.84. The van der Waals surface area contributed by atoms with Crippen molar-refractivity contribution in [3.8, 4) is 17.1 Å². The predicted octanol–water partition coefficient (Wildman–Crippen LogP) is 8.51. The molecule has 0 aliphatic heterocycles. The van der Waals surface area contributed by atoms with Gasteiger partial charge in [-0.3, -0.25) is 14.4 Å². The third kappa shape index (κ3) is 8.61. The molecule has 1 heterocycles. The van der Waals surface area contributed by atoms with Crippen LogP contribution in [0.25, 0.3) is 22.3 Å². The van der Waals surface area contributed by atoms with Gasteiger partial charge < -0.3 is 24.9 Å². The zero-order valence-corrected chi connectivity index (χ0v) is 25.9. The summed E-state index contributed by atoms with van der Waals surface area (Å²) in [7, 11) is 0. The molecule has 0 spiro atoms. The molecule has 0 saturated heterocycles. The minimum atomic E-state index is -4.86. The van der Waals surface area contributed by atoms with Gasteiger partial charge in [0, 0.05) is 28.7 Å². The standard InChI is InChI=1S/C37H33F3N2O6/c1-2-5-30(23-8-10-26(11-9-23)35(45)41-21-20-33(43)44)34(25-14-18-29(19-15-25)48-37(38,39)40)36(46)42-28-16-12-24(13-17-28)32-22-27-6-3-4-7-31(27)47-32/h3-4,6-19,22,30,34H,2,5,20-21H2,1H3,(H,41,45)(H,42,46)(H,43,44)/t30?,34-/m0/s1. The lowest BCUT2D eigenvalue weighted by atomic mass is 9.78. The average Bonchev–Trinajstić information content (AvgIpc) is 3.49. The highest BCUT2D eigenvalue weighted by Crippen LogP contribution is 2.39. The van der Waals surface area contributed by atoms with E-state index in [9.17, 15) is 27.6 Å². The lowest BCUT2D eigenvalue weighted by molar-refractivity contribution is -0.274. The van der Waals surface area contributed by atoms with E-state index < -0.39 is 35.8 Å². The van der Waals surface area contributed by atoms with E-state index in [2.05, 4.69) is 15.4 Å². The number of halogens is 3. The van der Waals surface area contributed by atoms with Gasteiger partial charge in [0.1, 0.15) is 17.1 Å². The Balaban J connectivity index is 1.42. The molecule has 1 aromatic heterocycles. The maximum absolute atomic E-state index is 14.1. The van der Waals surface area contributed by atoms with Crippen molar-refractivity contribution in [1.82, 2.24) is 5.32 Å². The number of para-hydroxylation sites is 1. The molecule has 0 bridgehead atoms. The number of hydrogen-bond acceptors (Lipinski definition) is 5. The van der Waals surface area contributed by atoms with E-state index >= 15 is 0 Å². The number of nitrogens with one attached hydrogen (secondary N) is 2. The summed E-state index contributed by atoms with van der Waals surface area (Å²) < 4.78 is 48.6. The molecular formula is C37H33F3N2O6. The summed E-state index contributed by atoms with van der Waals surface area (Å²) >= 11 is 0. The van der Waals surface area contributed by atoms with Gasteiger partial charge in [0.05, 0.1) is 12.3 Å². The van der Waals surface area contributed by atoms with Crippen LogP contribution in [0.5, 0.6) is 5.75 Å².